The maximum atomic E-state index is 11.8. The maximum absolute atomic E-state index is 11.8. The molecule has 0 saturated carbocycles. The summed E-state index contributed by atoms with van der Waals surface area (Å²) in [7, 11) is -1.33. The minimum absolute atomic E-state index is 0.552. The average Bonchev–Trinajstić information content (AvgIpc) is 2.78. The van der Waals surface area contributed by atoms with Gasteiger partial charge in [-0.2, -0.15) is 0 Å². The molecule has 2 aromatic rings. The van der Waals surface area contributed by atoms with Gasteiger partial charge < -0.3 is 0 Å². The summed E-state index contributed by atoms with van der Waals surface area (Å²) in [6.45, 7) is 7.73. The van der Waals surface area contributed by atoms with Crippen molar-refractivity contribution in [2.45, 2.75) is 32.6 Å². The summed E-state index contributed by atoms with van der Waals surface area (Å²) in [5.74, 6) is 0. The van der Waals surface area contributed by atoms with Crippen molar-refractivity contribution in [3.63, 3.8) is 0 Å². The first-order chi connectivity index (χ1) is 8.65. The largest absolute Gasteiger partial charge is 0.275 e. The van der Waals surface area contributed by atoms with Crippen LogP contribution in [0.4, 0.5) is 5.13 Å². The molecular formula is C11H16N4OS2. The molecule has 1 atom stereocenters. The Kier molecular flexibility index (Phi) is 5.87. The van der Waals surface area contributed by atoms with Gasteiger partial charge in [0.25, 0.3) is 0 Å². The minimum atomic E-state index is -1.33. The van der Waals surface area contributed by atoms with Gasteiger partial charge in [-0.25, -0.2) is 4.21 Å². The molecule has 5 nitrogen and oxygen atoms in total. The van der Waals surface area contributed by atoms with E-state index in [2.05, 4.69) is 19.9 Å². The van der Waals surface area contributed by atoms with Crippen LogP contribution in [-0.4, -0.2) is 19.4 Å². The van der Waals surface area contributed by atoms with Gasteiger partial charge in [0.15, 0.2) is 11.0 Å². The summed E-state index contributed by atoms with van der Waals surface area (Å²) in [6.07, 6.45) is 1.59. The number of aryl methyl sites for hydroxylation is 2. The van der Waals surface area contributed by atoms with Crippen LogP contribution in [0.3, 0.4) is 0 Å². The molecule has 0 radical (unpaired) electrons. The second-order valence-electron chi connectivity index (χ2n) is 3.13. The number of nitrogens with one attached hydrogen (secondary N) is 1. The molecule has 0 saturated heterocycles. The molecule has 1 unspecified atom stereocenters. The average molecular weight is 284 g/mol. The van der Waals surface area contributed by atoms with Crippen LogP contribution in [0.2, 0.25) is 0 Å². The van der Waals surface area contributed by atoms with Gasteiger partial charge in [0.2, 0.25) is 5.13 Å². The van der Waals surface area contributed by atoms with Crippen LogP contribution in [0.1, 0.15) is 24.5 Å². The van der Waals surface area contributed by atoms with Crippen LogP contribution >= 0.6 is 11.3 Å². The van der Waals surface area contributed by atoms with E-state index in [4.69, 9.17) is 0 Å². The molecule has 98 valence electrons. The molecule has 2 aromatic heterocycles. The molecule has 0 aliphatic rings. The molecule has 0 aliphatic carbocycles. The highest BCUT2D eigenvalue weighted by Crippen LogP contribution is 2.16. The van der Waals surface area contributed by atoms with E-state index in [1.54, 1.807) is 12.3 Å². The number of nitrogens with zero attached hydrogens (tertiary/aromatic N) is 3. The number of hydrogen-bond acceptors (Lipinski definition) is 5. The first kappa shape index (κ1) is 14.7. The molecule has 0 fully saturated rings. The van der Waals surface area contributed by atoms with E-state index in [0.717, 1.165) is 10.7 Å². The highest BCUT2D eigenvalue weighted by Gasteiger charge is 2.07. The Labute approximate surface area is 113 Å². The zero-order valence-corrected chi connectivity index (χ0v) is 12.4. The number of anilines is 1. The lowest BCUT2D eigenvalue weighted by atomic mass is 10.4. The first-order valence-electron chi connectivity index (χ1n) is 5.56. The van der Waals surface area contributed by atoms with Gasteiger partial charge in [0.05, 0.1) is 4.90 Å². The summed E-state index contributed by atoms with van der Waals surface area (Å²) < 4.78 is 14.6. The van der Waals surface area contributed by atoms with Crippen molar-refractivity contribution in [1.82, 2.24) is 15.2 Å². The lowest BCUT2D eigenvalue weighted by Crippen LogP contribution is -2.04. The van der Waals surface area contributed by atoms with Crippen molar-refractivity contribution in [3.8, 4) is 0 Å². The number of rotatable bonds is 3. The van der Waals surface area contributed by atoms with E-state index in [-0.39, 0.29) is 0 Å². The Morgan fingerprint density at radius 2 is 1.94 bits per heavy atom. The van der Waals surface area contributed by atoms with Gasteiger partial charge in [0.1, 0.15) is 5.01 Å². The predicted octanol–water partition coefficient (Wildman–Crippen LogP) is 2.71. The third-order valence-corrected chi connectivity index (χ3v) is 3.74. The van der Waals surface area contributed by atoms with Gasteiger partial charge in [-0.3, -0.25) is 9.71 Å². The molecule has 0 spiro atoms. The van der Waals surface area contributed by atoms with Crippen LogP contribution < -0.4 is 4.72 Å². The second kappa shape index (κ2) is 7.17. The number of hydrogen-bond donors (Lipinski definition) is 1. The van der Waals surface area contributed by atoms with Crippen molar-refractivity contribution >= 4 is 27.5 Å². The van der Waals surface area contributed by atoms with Gasteiger partial charge in [0, 0.05) is 11.9 Å². The molecule has 0 aromatic carbocycles. The fourth-order valence-corrected chi connectivity index (χ4v) is 2.53. The van der Waals surface area contributed by atoms with Crippen molar-refractivity contribution in [1.29, 1.82) is 0 Å². The van der Waals surface area contributed by atoms with Crippen LogP contribution in [0.5, 0.6) is 0 Å². The normalized spacial score (nSPS) is 11.3. The van der Waals surface area contributed by atoms with E-state index in [1.165, 1.54) is 11.3 Å². The smallest absolute Gasteiger partial charge is 0.217 e. The molecule has 2 heterocycles. The Morgan fingerprint density at radius 3 is 2.44 bits per heavy atom. The third-order valence-electron chi connectivity index (χ3n) is 1.80. The maximum Gasteiger partial charge on any atom is 0.217 e. The molecule has 0 bridgehead atoms. The van der Waals surface area contributed by atoms with E-state index >= 15 is 0 Å². The van der Waals surface area contributed by atoms with Crippen molar-refractivity contribution in [3.05, 3.63) is 29.0 Å². The molecule has 0 amide bonds. The topological polar surface area (TPSA) is 67.8 Å². The van der Waals surface area contributed by atoms with E-state index in [9.17, 15) is 4.21 Å². The lowest BCUT2D eigenvalue weighted by molar-refractivity contribution is 0.686. The SMILES string of the molecule is CC.Cc1ccc(S(=O)Nc2nnc(C)s2)cn1. The number of aromatic nitrogens is 3. The summed E-state index contributed by atoms with van der Waals surface area (Å²) in [5, 5.41) is 9.06. The van der Waals surface area contributed by atoms with E-state index in [1.807, 2.05) is 33.8 Å². The third kappa shape index (κ3) is 4.15. The molecule has 1 N–H and O–H groups in total. The summed E-state index contributed by atoms with van der Waals surface area (Å²) >= 11 is 1.37. The van der Waals surface area contributed by atoms with E-state index < -0.39 is 11.0 Å². The Morgan fingerprint density at radius 1 is 1.22 bits per heavy atom. The molecule has 7 heteroatoms. The van der Waals surface area contributed by atoms with Gasteiger partial charge in [-0.1, -0.05) is 25.2 Å². The summed E-state index contributed by atoms with van der Waals surface area (Å²) in [6, 6.07) is 3.60. The summed E-state index contributed by atoms with van der Waals surface area (Å²) in [4.78, 5) is 4.70. The quantitative estimate of drug-likeness (QED) is 0.941. The fraction of sp³-hybridized carbons (Fsp3) is 0.364. The van der Waals surface area contributed by atoms with Gasteiger partial charge in [-0.05, 0) is 26.0 Å². The van der Waals surface area contributed by atoms with Crippen molar-refractivity contribution < 1.29 is 4.21 Å². The highest BCUT2D eigenvalue weighted by atomic mass is 32.2. The zero-order chi connectivity index (χ0) is 13.5. The zero-order valence-electron chi connectivity index (χ0n) is 10.8. The van der Waals surface area contributed by atoms with Gasteiger partial charge >= 0.3 is 0 Å². The van der Waals surface area contributed by atoms with Crippen LogP contribution in [0.25, 0.3) is 0 Å². The first-order valence-corrected chi connectivity index (χ1v) is 7.53. The monoisotopic (exact) mass is 284 g/mol. The summed E-state index contributed by atoms with van der Waals surface area (Å²) in [5.41, 5.74) is 0.896. The Hall–Kier alpha value is -1.34. The van der Waals surface area contributed by atoms with E-state index in [0.29, 0.717) is 10.0 Å². The van der Waals surface area contributed by atoms with Crippen LogP contribution in [0, 0.1) is 13.8 Å². The van der Waals surface area contributed by atoms with Crippen LogP contribution in [0.15, 0.2) is 23.2 Å². The second-order valence-corrected chi connectivity index (χ2v) is 5.53. The minimum Gasteiger partial charge on any atom is -0.275 e. The number of pyridine rings is 1. The Balaban J connectivity index is 0.000000771. The molecule has 2 rings (SSSR count). The van der Waals surface area contributed by atoms with Crippen molar-refractivity contribution in [2.75, 3.05) is 4.72 Å². The van der Waals surface area contributed by atoms with Crippen molar-refractivity contribution in [2.24, 2.45) is 0 Å². The lowest BCUT2D eigenvalue weighted by Gasteiger charge is -2.01. The predicted molar refractivity (Wildman–Crippen MR) is 75.0 cm³/mol. The fourth-order valence-electron chi connectivity index (χ4n) is 1.04. The Bertz CT molecular complexity index is 510. The molecular weight excluding hydrogens is 268 g/mol. The van der Waals surface area contributed by atoms with Crippen LogP contribution in [-0.2, 0) is 11.0 Å². The van der Waals surface area contributed by atoms with Gasteiger partial charge in [-0.15, -0.1) is 10.2 Å². The standard InChI is InChI=1S/C9H10N4OS2.C2H6/c1-6-3-4-8(5-10-6)16(14)13-9-12-11-7(2)15-9;1-2/h3-5H,1-2H3,(H,12,13);1-2H3. The highest BCUT2D eigenvalue weighted by molar-refractivity contribution is 7.86. The molecule has 18 heavy (non-hydrogen) atoms. The molecule has 0 aliphatic heterocycles.